The third-order valence-corrected chi connectivity index (χ3v) is 5.65. The molecule has 1 aromatic carbocycles. The highest BCUT2D eigenvalue weighted by atomic mass is 35.5. The fourth-order valence-electron chi connectivity index (χ4n) is 3.48. The van der Waals surface area contributed by atoms with Gasteiger partial charge in [0.05, 0.1) is 35.9 Å². The summed E-state index contributed by atoms with van der Waals surface area (Å²) in [6, 6.07) is 4.33. The third kappa shape index (κ3) is 7.84. The molecule has 0 unspecified atom stereocenters. The lowest BCUT2D eigenvalue weighted by Crippen LogP contribution is -2.52. The molecular formula is C21H26BCl2N3O8. The smallest absolute Gasteiger partial charge is 0.506 e. The quantitative estimate of drug-likeness (QED) is 0.311. The van der Waals surface area contributed by atoms with Gasteiger partial charge in [-0.2, -0.15) is 0 Å². The Kier molecular flexibility index (Phi) is 9.93. The molecule has 4 N–H and O–H groups in total. The molecule has 1 aliphatic rings. The zero-order valence-corrected chi connectivity index (χ0v) is 20.9. The first kappa shape index (κ1) is 28.4. The molecule has 1 aliphatic heterocycles. The van der Waals surface area contributed by atoms with Crippen LogP contribution in [0, 0.1) is 5.92 Å². The Bertz CT molecular complexity index is 1010. The molecule has 1 aromatic rings. The average Bonchev–Trinajstić information content (AvgIpc) is 3.07. The molecule has 0 spiro atoms. The molecule has 14 heteroatoms. The lowest BCUT2D eigenvalue weighted by atomic mass is 9.74. The van der Waals surface area contributed by atoms with Gasteiger partial charge < -0.3 is 30.4 Å². The van der Waals surface area contributed by atoms with Crippen molar-refractivity contribution in [2.24, 2.45) is 5.92 Å². The van der Waals surface area contributed by atoms with Gasteiger partial charge in [-0.25, -0.2) is 0 Å². The summed E-state index contributed by atoms with van der Waals surface area (Å²) in [5.74, 6) is -5.10. The number of carbonyl (C=O) groups is 5. The van der Waals surface area contributed by atoms with E-state index in [1.807, 2.05) is 13.8 Å². The number of amides is 3. The number of carboxylic acid groups (broad SMARTS) is 1. The summed E-state index contributed by atoms with van der Waals surface area (Å²) in [6.45, 7) is 3.28. The van der Waals surface area contributed by atoms with E-state index in [2.05, 4.69) is 16.0 Å². The van der Waals surface area contributed by atoms with E-state index >= 15 is 0 Å². The highest BCUT2D eigenvalue weighted by molar-refractivity contribution is 6.51. The molecule has 0 aliphatic carbocycles. The Morgan fingerprint density at radius 3 is 2.43 bits per heavy atom. The van der Waals surface area contributed by atoms with Crippen molar-refractivity contribution >= 4 is 60.0 Å². The van der Waals surface area contributed by atoms with Gasteiger partial charge in [-0.15, -0.1) is 0 Å². The van der Waals surface area contributed by atoms with Gasteiger partial charge in [0.15, 0.2) is 5.60 Å². The fourth-order valence-corrected chi connectivity index (χ4v) is 3.86. The van der Waals surface area contributed by atoms with Crippen LogP contribution in [0.5, 0.6) is 0 Å². The lowest BCUT2D eigenvalue weighted by Gasteiger charge is -2.25. The second-order valence-electron chi connectivity index (χ2n) is 8.42. The first-order valence-corrected chi connectivity index (χ1v) is 11.5. The predicted octanol–water partition coefficient (Wildman–Crippen LogP) is 1.20. The summed E-state index contributed by atoms with van der Waals surface area (Å²) in [5.41, 5.74) is -1.94. The highest BCUT2D eigenvalue weighted by Crippen LogP contribution is 2.32. The van der Waals surface area contributed by atoms with Crippen LogP contribution in [0.2, 0.25) is 10.0 Å². The molecule has 35 heavy (non-hydrogen) atoms. The monoisotopic (exact) mass is 529 g/mol. The van der Waals surface area contributed by atoms with Crippen LogP contribution in [0.1, 0.15) is 43.5 Å². The Balaban J connectivity index is 2.12. The highest BCUT2D eigenvalue weighted by Gasteiger charge is 2.57. The van der Waals surface area contributed by atoms with E-state index in [-0.39, 0.29) is 16.5 Å². The van der Waals surface area contributed by atoms with Crippen LogP contribution in [-0.2, 0) is 28.5 Å². The van der Waals surface area contributed by atoms with Crippen LogP contribution in [0.25, 0.3) is 0 Å². The normalized spacial score (nSPS) is 18.1. The van der Waals surface area contributed by atoms with Crippen LogP contribution in [0.15, 0.2) is 18.2 Å². The van der Waals surface area contributed by atoms with E-state index < -0.39 is 67.7 Å². The van der Waals surface area contributed by atoms with Gasteiger partial charge in [0.2, 0.25) is 11.8 Å². The molecule has 0 bridgehead atoms. The summed E-state index contributed by atoms with van der Waals surface area (Å²) in [6.07, 6.45) is -1.07. The molecule has 0 aromatic heterocycles. The summed E-state index contributed by atoms with van der Waals surface area (Å²) in [4.78, 5) is 60.9. The Morgan fingerprint density at radius 1 is 1.14 bits per heavy atom. The molecule has 2 rings (SSSR count). The zero-order valence-electron chi connectivity index (χ0n) is 19.4. The number of rotatable bonds is 11. The molecule has 0 radical (unpaired) electrons. The first-order chi connectivity index (χ1) is 16.4. The van der Waals surface area contributed by atoms with Gasteiger partial charge in [-0.05, 0) is 30.5 Å². The van der Waals surface area contributed by atoms with Crippen molar-refractivity contribution in [1.82, 2.24) is 16.0 Å². The maximum Gasteiger partial charge on any atom is 0.552 e. The van der Waals surface area contributed by atoms with E-state index in [0.29, 0.717) is 11.4 Å². The van der Waals surface area contributed by atoms with Crippen molar-refractivity contribution in [2.45, 2.75) is 44.7 Å². The maximum atomic E-state index is 12.6. The van der Waals surface area contributed by atoms with Crippen molar-refractivity contribution in [3.05, 3.63) is 33.8 Å². The number of carboxylic acids is 1. The van der Waals surface area contributed by atoms with Gasteiger partial charge in [-0.3, -0.25) is 24.0 Å². The average molecular weight is 530 g/mol. The fraction of sp³-hybridized carbons (Fsp3) is 0.476. The van der Waals surface area contributed by atoms with Gasteiger partial charge in [-0.1, -0.05) is 37.0 Å². The molecule has 1 heterocycles. The van der Waals surface area contributed by atoms with E-state index in [9.17, 15) is 29.1 Å². The number of carbonyl (C=O) groups excluding carboxylic acids is 4. The van der Waals surface area contributed by atoms with Gasteiger partial charge in [0.1, 0.15) is 0 Å². The second kappa shape index (κ2) is 12.2. The number of halogens is 2. The van der Waals surface area contributed by atoms with Crippen molar-refractivity contribution in [3.63, 3.8) is 0 Å². The van der Waals surface area contributed by atoms with Crippen LogP contribution < -0.4 is 16.0 Å². The number of nitrogens with one attached hydrogen (secondary N) is 3. The van der Waals surface area contributed by atoms with Crippen LogP contribution >= 0.6 is 23.2 Å². The number of benzene rings is 1. The number of aliphatic carboxylic acids is 1. The molecule has 3 amide bonds. The van der Waals surface area contributed by atoms with Crippen LogP contribution in [-0.4, -0.2) is 67.0 Å². The molecule has 1 fully saturated rings. The Labute approximate surface area is 212 Å². The van der Waals surface area contributed by atoms with Crippen molar-refractivity contribution in [2.75, 3.05) is 13.6 Å². The van der Waals surface area contributed by atoms with E-state index in [0.717, 1.165) is 0 Å². The molecule has 190 valence electrons. The molecule has 1 saturated heterocycles. The minimum absolute atomic E-state index is 0.0101. The number of hydrogen-bond donors (Lipinski definition) is 4. The maximum absolute atomic E-state index is 12.6. The standard InChI is InChI=1S/C21H26BCl2N3O8/c1-11(2)6-15(22-34-20(33)21(35-22,9-18(30)31)8-16(28)25-3)27-17(29)10-26-19(32)13-7-12(23)4-5-14(13)24/h4-5,7,11,15H,6,8-10H2,1-3H3,(H,25,28)(H,26,32)(H,27,29)(H,30,31)/t15-,21-/m0/s1. The summed E-state index contributed by atoms with van der Waals surface area (Å²) in [5, 5.41) is 17.1. The summed E-state index contributed by atoms with van der Waals surface area (Å²) >= 11 is 11.9. The lowest BCUT2D eigenvalue weighted by molar-refractivity contribution is -0.154. The molecule has 0 saturated carbocycles. The van der Waals surface area contributed by atoms with Gasteiger partial charge in [0.25, 0.3) is 5.91 Å². The summed E-state index contributed by atoms with van der Waals surface area (Å²) < 4.78 is 11.0. The van der Waals surface area contributed by atoms with E-state index in [1.54, 1.807) is 0 Å². The minimum Gasteiger partial charge on any atom is -0.506 e. The van der Waals surface area contributed by atoms with Crippen LogP contribution in [0.3, 0.4) is 0 Å². The summed E-state index contributed by atoms with van der Waals surface area (Å²) in [7, 11) is -0.00255. The Hall–Kier alpha value is -2.83. The van der Waals surface area contributed by atoms with E-state index in [4.69, 9.17) is 32.5 Å². The van der Waals surface area contributed by atoms with Crippen molar-refractivity contribution in [3.8, 4) is 0 Å². The third-order valence-electron chi connectivity index (χ3n) is 5.08. The largest absolute Gasteiger partial charge is 0.552 e. The topological polar surface area (TPSA) is 160 Å². The second-order valence-corrected chi connectivity index (χ2v) is 9.26. The number of hydrogen-bond acceptors (Lipinski definition) is 7. The van der Waals surface area contributed by atoms with Crippen LogP contribution in [0.4, 0.5) is 0 Å². The molecule has 2 atom stereocenters. The zero-order chi connectivity index (χ0) is 26.3. The molecule has 11 nitrogen and oxygen atoms in total. The SMILES string of the molecule is CNC(=O)C[C@@]1(CC(=O)O)OB([C@H](CC(C)C)NC(=O)CNC(=O)c2cc(Cl)ccc2Cl)OC1=O. The van der Waals surface area contributed by atoms with E-state index in [1.165, 1.54) is 25.2 Å². The predicted molar refractivity (Wildman–Crippen MR) is 127 cm³/mol. The van der Waals surface area contributed by atoms with Crippen molar-refractivity contribution in [1.29, 1.82) is 0 Å². The van der Waals surface area contributed by atoms with Crippen molar-refractivity contribution < 1.29 is 38.4 Å². The first-order valence-electron chi connectivity index (χ1n) is 10.7. The minimum atomic E-state index is -2.03. The Morgan fingerprint density at radius 2 is 1.83 bits per heavy atom. The van der Waals surface area contributed by atoms with Gasteiger partial charge >= 0.3 is 19.1 Å². The molecular weight excluding hydrogens is 504 g/mol. The van der Waals surface area contributed by atoms with Gasteiger partial charge in [0, 0.05) is 12.1 Å².